The third-order valence-corrected chi connectivity index (χ3v) is 5.99. The van der Waals surface area contributed by atoms with Crippen LogP contribution in [0.1, 0.15) is 24.1 Å². The molecule has 0 atom stereocenters. The lowest BCUT2D eigenvalue weighted by Gasteiger charge is -2.29. The van der Waals surface area contributed by atoms with Crippen LogP contribution in [0.5, 0.6) is 0 Å². The summed E-state index contributed by atoms with van der Waals surface area (Å²) in [6.07, 6.45) is 10.2. The molecule has 2 aliphatic rings. The molecule has 0 spiro atoms. The Labute approximate surface area is 174 Å². The molecule has 0 saturated carbocycles. The SMILES string of the molecule is c1cc(-c2cc3nc(-n4ncc5c4CCCC5)cc(N4CCOCC4)n3n2)ccn1. The first-order valence-electron chi connectivity index (χ1n) is 10.6. The van der Waals surface area contributed by atoms with E-state index in [1.165, 1.54) is 24.1 Å². The highest BCUT2D eigenvalue weighted by Gasteiger charge is 2.22. The highest BCUT2D eigenvalue weighted by atomic mass is 16.5. The predicted octanol–water partition coefficient (Wildman–Crippen LogP) is 2.69. The Balaban J connectivity index is 1.53. The van der Waals surface area contributed by atoms with E-state index in [0.717, 1.165) is 67.7 Å². The zero-order valence-electron chi connectivity index (χ0n) is 16.7. The molecule has 8 heteroatoms. The lowest BCUT2D eigenvalue weighted by atomic mass is 9.98. The third kappa shape index (κ3) is 2.95. The largest absolute Gasteiger partial charge is 0.378 e. The Morgan fingerprint density at radius 3 is 2.67 bits per heavy atom. The van der Waals surface area contributed by atoms with E-state index in [-0.39, 0.29) is 0 Å². The van der Waals surface area contributed by atoms with Gasteiger partial charge in [-0.15, -0.1) is 0 Å². The molecule has 0 aromatic carbocycles. The number of rotatable bonds is 3. The Morgan fingerprint density at radius 2 is 1.80 bits per heavy atom. The maximum absolute atomic E-state index is 5.57. The van der Waals surface area contributed by atoms with Crippen molar-refractivity contribution in [2.75, 3.05) is 31.2 Å². The Kier molecular flexibility index (Phi) is 4.23. The van der Waals surface area contributed by atoms with E-state index in [9.17, 15) is 0 Å². The van der Waals surface area contributed by atoms with Crippen LogP contribution >= 0.6 is 0 Å². The highest BCUT2D eigenvalue weighted by Crippen LogP contribution is 2.28. The average Bonchev–Trinajstić information content (AvgIpc) is 3.44. The Hall–Kier alpha value is -3.26. The van der Waals surface area contributed by atoms with Gasteiger partial charge in [-0.1, -0.05) is 0 Å². The smallest absolute Gasteiger partial charge is 0.160 e. The molecule has 0 amide bonds. The summed E-state index contributed by atoms with van der Waals surface area (Å²) in [6, 6.07) is 8.10. The van der Waals surface area contributed by atoms with Gasteiger partial charge in [0.2, 0.25) is 0 Å². The van der Waals surface area contributed by atoms with Gasteiger partial charge >= 0.3 is 0 Å². The second-order valence-corrected chi connectivity index (χ2v) is 7.84. The van der Waals surface area contributed by atoms with E-state index in [1.54, 1.807) is 12.4 Å². The molecule has 8 nitrogen and oxygen atoms in total. The summed E-state index contributed by atoms with van der Waals surface area (Å²) in [5.74, 6) is 1.88. The second kappa shape index (κ2) is 7.21. The predicted molar refractivity (Wildman–Crippen MR) is 113 cm³/mol. The second-order valence-electron chi connectivity index (χ2n) is 7.84. The fraction of sp³-hybridized carbons (Fsp3) is 0.364. The van der Waals surface area contributed by atoms with Gasteiger partial charge in [0.15, 0.2) is 11.5 Å². The number of hydrogen-bond acceptors (Lipinski definition) is 6. The first-order valence-corrected chi connectivity index (χ1v) is 10.6. The Morgan fingerprint density at radius 1 is 0.967 bits per heavy atom. The zero-order valence-corrected chi connectivity index (χ0v) is 16.7. The molecule has 1 aliphatic carbocycles. The van der Waals surface area contributed by atoms with Crippen LogP contribution in [0.2, 0.25) is 0 Å². The van der Waals surface area contributed by atoms with Gasteiger partial charge in [-0.25, -0.2) is 9.67 Å². The molecule has 1 aliphatic heterocycles. The zero-order chi connectivity index (χ0) is 19.9. The van der Waals surface area contributed by atoms with Crippen molar-refractivity contribution in [2.24, 2.45) is 0 Å². The summed E-state index contributed by atoms with van der Waals surface area (Å²) in [4.78, 5) is 11.4. The van der Waals surface area contributed by atoms with E-state index in [0.29, 0.717) is 0 Å². The first kappa shape index (κ1) is 17.6. The number of anilines is 1. The standard InChI is InChI=1S/C22H23N7O/c1-2-4-19-17(3-1)15-24-28(19)21-14-22(27-9-11-30-12-10-27)29-20(25-21)13-18(26-29)16-5-7-23-8-6-16/h5-8,13-15H,1-4,9-12H2. The molecule has 5 heterocycles. The van der Waals surface area contributed by atoms with Crippen molar-refractivity contribution in [2.45, 2.75) is 25.7 Å². The molecule has 6 rings (SSSR count). The molecule has 0 bridgehead atoms. The first-order chi connectivity index (χ1) is 14.9. The molecule has 0 N–H and O–H groups in total. The number of pyridine rings is 1. The van der Waals surface area contributed by atoms with Crippen LogP contribution in [-0.4, -0.2) is 55.7 Å². The van der Waals surface area contributed by atoms with E-state index >= 15 is 0 Å². The lowest BCUT2D eigenvalue weighted by molar-refractivity contribution is 0.122. The molecular formula is C22H23N7O. The maximum Gasteiger partial charge on any atom is 0.160 e. The van der Waals surface area contributed by atoms with Crippen LogP contribution in [0.25, 0.3) is 22.7 Å². The van der Waals surface area contributed by atoms with Crippen LogP contribution in [0, 0.1) is 0 Å². The van der Waals surface area contributed by atoms with Crippen LogP contribution in [0.3, 0.4) is 0 Å². The maximum atomic E-state index is 5.57. The van der Waals surface area contributed by atoms with Gasteiger partial charge in [0, 0.05) is 48.9 Å². The van der Waals surface area contributed by atoms with E-state index in [1.807, 2.05) is 33.6 Å². The quantitative estimate of drug-likeness (QED) is 0.526. The van der Waals surface area contributed by atoms with Crippen molar-refractivity contribution in [1.29, 1.82) is 0 Å². The van der Waals surface area contributed by atoms with E-state index in [2.05, 4.69) is 16.0 Å². The lowest BCUT2D eigenvalue weighted by Crippen LogP contribution is -2.37. The highest BCUT2D eigenvalue weighted by molar-refractivity contribution is 5.66. The molecule has 30 heavy (non-hydrogen) atoms. The summed E-state index contributed by atoms with van der Waals surface area (Å²) >= 11 is 0. The normalized spacial score (nSPS) is 16.7. The summed E-state index contributed by atoms with van der Waals surface area (Å²) in [5, 5.41) is 9.58. The minimum atomic E-state index is 0.717. The number of hydrogen-bond donors (Lipinski definition) is 0. The van der Waals surface area contributed by atoms with Crippen molar-refractivity contribution in [3.63, 3.8) is 0 Å². The molecule has 0 radical (unpaired) electrons. The summed E-state index contributed by atoms with van der Waals surface area (Å²) in [5.41, 5.74) is 5.38. The number of nitrogens with zero attached hydrogens (tertiary/aromatic N) is 7. The monoisotopic (exact) mass is 401 g/mol. The molecule has 1 fully saturated rings. The molecule has 4 aromatic rings. The van der Waals surface area contributed by atoms with Gasteiger partial charge in [0.05, 0.1) is 25.1 Å². The third-order valence-electron chi connectivity index (χ3n) is 5.99. The summed E-state index contributed by atoms with van der Waals surface area (Å²) in [6.45, 7) is 3.10. The van der Waals surface area contributed by atoms with Crippen molar-refractivity contribution in [1.82, 2.24) is 29.4 Å². The Bertz CT molecular complexity index is 1190. The van der Waals surface area contributed by atoms with Gasteiger partial charge in [-0.05, 0) is 43.4 Å². The van der Waals surface area contributed by atoms with Gasteiger partial charge in [-0.3, -0.25) is 4.98 Å². The molecular weight excluding hydrogens is 378 g/mol. The number of morpholine rings is 1. The van der Waals surface area contributed by atoms with Gasteiger partial charge < -0.3 is 9.64 Å². The number of ether oxygens (including phenoxy) is 1. The fourth-order valence-electron chi connectivity index (χ4n) is 4.42. The number of aryl methyl sites for hydroxylation is 1. The van der Waals surface area contributed by atoms with Gasteiger partial charge in [-0.2, -0.15) is 14.7 Å². The average molecular weight is 401 g/mol. The van der Waals surface area contributed by atoms with Crippen LogP contribution < -0.4 is 4.90 Å². The number of aromatic nitrogens is 6. The van der Waals surface area contributed by atoms with Crippen molar-refractivity contribution in [3.05, 3.63) is 54.1 Å². The molecule has 152 valence electrons. The van der Waals surface area contributed by atoms with Crippen molar-refractivity contribution < 1.29 is 4.74 Å². The van der Waals surface area contributed by atoms with E-state index in [4.69, 9.17) is 19.9 Å². The van der Waals surface area contributed by atoms with Gasteiger partial charge in [0.1, 0.15) is 5.82 Å². The topological polar surface area (TPSA) is 73.4 Å². The molecule has 0 unspecified atom stereocenters. The van der Waals surface area contributed by atoms with E-state index < -0.39 is 0 Å². The van der Waals surface area contributed by atoms with Gasteiger partial charge in [0.25, 0.3) is 0 Å². The van der Waals surface area contributed by atoms with Crippen molar-refractivity contribution >= 4 is 11.5 Å². The van der Waals surface area contributed by atoms with Crippen LogP contribution in [0.4, 0.5) is 5.82 Å². The molecule has 1 saturated heterocycles. The number of fused-ring (bicyclic) bond motifs is 2. The summed E-state index contributed by atoms with van der Waals surface area (Å²) < 4.78 is 9.54. The van der Waals surface area contributed by atoms with Crippen molar-refractivity contribution in [3.8, 4) is 17.1 Å². The minimum absolute atomic E-state index is 0.717. The molecule has 4 aromatic heterocycles. The fourth-order valence-corrected chi connectivity index (χ4v) is 4.42. The summed E-state index contributed by atoms with van der Waals surface area (Å²) in [7, 11) is 0. The van der Waals surface area contributed by atoms with Crippen LogP contribution in [-0.2, 0) is 17.6 Å². The van der Waals surface area contributed by atoms with Crippen LogP contribution in [0.15, 0.2) is 42.9 Å². The minimum Gasteiger partial charge on any atom is -0.378 e.